The van der Waals surface area contributed by atoms with Crippen LogP contribution in [0.2, 0.25) is 10.3 Å². The van der Waals surface area contributed by atoms with Crippen LogP contribution in [0.5, 0.6) is 0 Å². The number of alkyl halides is 1. The van der Waals surface area contributed by atoms with Crippen molar-refractivity contribution in [3.8, 4) is 0 Å². The molecule has 0 aliphatic rings. The van der Waals surface area contributed by atoms with Gasteiger partial charge < -0.3 is 4.98 Å². The fourth-order valence-corrected chi connectivity index (χ4v) is 1.66. The third-order valence-corrected chi connectivity index (χ3v) is 2.28. The smallest absolute Gasteiger partial charge is 0.158 e. The summed E-state index contributed by atoms with van der Waals surface area (Å²) >= 11 is 17.1. The van der Waals surface area contributed by atoms with Gasteiger partial charge in [0.2, 0.25) is 0 Å². The largest absolute Gasteiger partial charge is 0.341 e. The number of aromatic nitrogens is 3. The standard InChI is InChI=1S/C7H4Cl3N3/c8-2-5-11-3-1-4(9)12-7(10)6(3)13-5/h1H,2H2,(H,11,13). The third-order valence-electron chi connectivity index (χ3n) is 1.57. The fraction of sp³-hybridized carbons (Fsp3) is 0.143. The molecule has 2 rings (SSSR count). The van der Waals surface area contributed by atoms with E-state index in [4.69, 9.17) is 34.8 Å². The molecule has 0 saturated carbocycles. The van der Waals surface area contributed by atoms with E-state index in [1.807, 2.05) is 0 Å². The molecule has 13 heavy (non-hydrogen) atoms. The molecule has 0 amide bonds. The van der Waals surface area contributed by atoms with Crippen LogP contribution in [0.25, 0.3) is 11.0 Å². The molecule has 0 fully saturated rings. The van der Waals surface area contributed by atoms with E-state index in [1.54, 1.807) is 6.07 Å². The molecule has 0 aromatic carbocycles. The minimum Gasteiger partial charge on any atom is -0.341 e. The van der Waals surface area contributed by atoms with Gasteiger partial charge in [-0.3, -0.25) is 0 Å². The molecule has 3 nitrogen and oxygen atoms in total. The summed E-state index contributed by atoms with van der Waals surface area (Å²) in [6.45, 7) is 0. The fourth-order valence-electron chi connectivity index (χ4n) is 1.06. The van der Waals surface area contributed by atoms with Crippen LogP contribution in [0.3, 0.4) is 0 Å². The predicted octanol–water partition coefficient (Wildman–Crippen LogP) is 3.00. The second kappa shape index (κ2) is 3.33. The second-order valence-corrected chi connectivity index (χ2v) is 3.46. The van der Waals surface area contributed by atoms with E-state index in [9.17, 15) is 0 Å². The molecule has 0 unspecified atom stereocenters. The summed E-state index contributed by atoms with van der Waals surface area (Å²) in [6, 6.07) is 1.66. The summed E-state index contributed by atoms with van der Waals surface area (Å²) in [5.74, 6) is 0.963. The Hall–Kier alpha value is -0.510. The zero-order valence-corrected chi connectivity index (χ0v) is 8.58. The van der Waals surface area contributed by atoms with Crippen LogP contribution in [0.1, 0.15) is 5.82 Å². The van der Waals surface area contributed by atoms with Crippen molar-refractivity contribution >= 4 is 45.8 Å². The van der Waals surface area contributed by atoms with Gasteiger partial charge >= 0.3 is 0 Å². The van der Waals surface area contributed by atoms with Crippen LogP contribution in [0.4, 0.5) is 0 Å². The van der Waals surface area contributed by atoms with Gasteiger partial charge in [0.05, 0.1) is 11.4 Å². The van der Waals surface area contributed by atoms with Crippen molar-refractivity contribution in [2.45, 2.75) is 5.88 Å². The van der Waals surface area contributed by atoms with Crippen molar-refractivity contribution in [1.29, 1.82) is 0 Å². The SMILES string of the molecule is ClCc1nc2c(Cl)nc(Cl)cc2[nH]1. The number of rotatable bonds is 1. The highest BCUT2D eigenvalue weighted by molar-refractivity contribution is 6.36. The van der Waals surface area contributed by atoms with Crippen molar-refractivity contribution in [2.75, 3.05) is 0 Å². The number of pyridine rings is 1. The number of hydrogen-bond donors (Lipinski definition) is 1. The van der Waals surface area contributed by atoms with Crippen molar-refractivity contribution < 1.29 is 0 Å². The van der Waals surface area contributed by atoms with E-state index in [2.05, 4.69) is 15.0 Å². The van der Waals surface area contributed by atoms with Crippen LogP contribution in [-0.2, 0) is 5.88 Å². The van der Waals surface area contributed by atoms with Crippen LogP contribution < -0.4 is 0 Å². The number of hydrogen-bond acceptors (Lipinski definition) is 2. The molecule has 1 N–H and O–H groups in total. The Morgan fingerprint density at radius 1 is 1.31 bits per heavy atom. The van der Waals surface area contributed by atoms with Gasteiger partial charge in [-0.05, 0) is 0 Å². The maximum Gasteiger partial charge on any atom is 0.158 e. The van der Waals surface area contributed by atoms with Crippen LogP contribution in [0, 0.1) is 0 Å². The first-order valence-corrected chi connectivity index (χ1v) is 4.76. The summed E-state index contributed by atoms with van der Waals surface area (Å²) < 4.78 is 0. The van der Waals surface area contributed by atoms with Gasteiger partial charge in [-0.1, -0.05) is 23.2 Å². The minimum atomic E-state index is 0.287. The molecular weight excluding hydrogens is 232 g/mol. The first-order valence-electron chi connectivity index (χ1n) is 3.47. The molecule has 0 bridgehead atoms. The number of imidazole rings is 1. The molecule has 0 atom stereocenters. The summed E-state index contributed by atoms with van der Waals surface area (Å²) in [5.41, 5.74) is 1.35. The first-order chi connectivity index (χ1) is 6.20. The summed E-state index contributed by atoms with van der Waals surface area (Å²) in [6.07, 6.45) is 0. The average molecular weight is 236 g/mol. The molecule has 6 heteroatoms. The number of nitrogens with zero attached hydrogens (tertiary/aromatic N) is 2. The van der Waals surface area contributed by atoms with Crippen LogP contribution in [0.15, 0.2) is 6.07 Å². The van der Waals surface area contributed by atoms with E-state index in [-0.39, 0.29) is 5.15 Å². The number of fused-ring (bicyclic) bond motifs is 1. The van der Waals surface area contributed by atoms with E-state index < -0.39 is 0 Å². The number of aromatic amines is 1. The molecule has 0 aliphatic carbocycles. The molecule has 0 aliphatic heterocycles. The minimum absolute atomic E-state index is 0.287. The van der Waals surface area contributed by atoms with Gasteiger partial charge in [0.15, 0.2) is 5.15 Å². The maximum atomic E-state index is 5.81. The highest BCUT2D eigenvalue weighted by Crippen LogP contribution is 2.22. The Balaban J connectivity index is 2.75. The van der Waals surface area contributed by atoms with E-state index in [0.717, 1.165) is 5.52 Å². The normalized spacial score (nSPS) is 11.0. The lowest BCUT2D eigenvalue weighted by Crippen LogP contribution is -1.79. The Labute approximate surface area is 89.0 Å². The molecule has 0 spiro atoms. The predicted molar refractivity (Wildman–Crippen MR) is 53.5 cm³/mol. The third kappa shape index (κ3) is 1.59. The lowest BCUT2D eigenvalue weighted by Gasteiger charge is -1.91. The van der Waals surface area contributed by atoms with Crippen molar-refractivity contribution in [2.24, 2.45) is 0 Å². The molecule has 2 aromatic rings. The number of nitrogens with one attached hydrogen (secondary N) is 1. The maximum absolute atomic E-state index is 5.81. The highest BCUT2D eigenvalue weighted by Gasteiger charge is 2.07. The average Bonchev–Trinajstić information content (AvgIpc) is 2.47. The topological polar surface area (TPSA) is 41.6 Å². The van der Waals surface area contributed by atoms with Crippen molar-refractivity contribution in [1.82, 2.24) is 15.0 Å². The first kappa shape index (κ1) is 9.06. The second-order valence-electron chi connectivity index (χ2n) is 2.45. The van der Waals surface area contributed by atoms with Crippen molar-refractivity contribution in [3.63, 3.8) is 0 Å². The summed E-state index contributed by atoms with van der Waals surface area (Å²) in [7, 11) is 0. The Morgan fingerprint density at radius 3 is 2.77 bits per heavy atom. The van der Waals surface area contributed by atoms with Gasteiger partial charge in [0.25, 0.3) is 0 Å². The van der Waals surface area contributed by atoms with Gasteiger partial charge in [0, 0.05) is 6.07 Å². The van der Waals surface area contributed by atoms with E-state index >= 15 is 0 Å². The number of halogens is 3. The van der Waals surface area contributed by atoms with Crippen molar-refractivity contribution in [3.05, 3.63) is 22.2 Å². The molecule has 2 heterocycles. The highest BCUT2D eigenvalue weighted by atomic mass is 35.5. The monoisotopic (exact) mass is 235 g/mol. The van der Waals surface area contributed by atoms with E-state index in [1.165, 1.54) is 0 Å². The van der Waals surface area contributed by atoms with Crippen LogP contribution in [-0.4, -0.2) is 15.0 Å². The lowest BCUT2D eigenvalue weighted by molar-refractivity contribution is 1.13. The van der Waals surface area contributed by atoms with Gasteiger partial charge in [0.1, 0.15) is 16.5 Å². The molecular formula is C7H4Cl3N3. The zero-order chi connectivity index (χ0) is 9.42. The van der Waals surface area contributed by atoms with E-state index in [0.29, 0.717) is 22.4 Å². The van der Waals surface area contributed by atoms with Gasteiger partial charge in [-0.15, -0.1) is 11.6 Å². The van der Waals surface area contributed by atoms with Gasteiger partial charge in [-0.2, -0.15) is 0 Å². The molecule has 0 radical (unpaired) electrons. The Bertz CT molecular complexity index is 451. The quantitative estimate of drug-likeness (QED) is 0.611. The Kier molecular flexibility index (Phi) is 2.32. The van der Waals surface area contributed by atoms with Crippen LogP contribution >= 0.6 is 34.8 Å². The summed E-state index contributed by atoms with van der Waals surface area (Å²) in [4.78, 5) is 11.0. The summed E-state index contributed by atoms with van der Waals surface area (Å²) in [5, 5.41) is 0.623. The Morgan fingerprint density at radius 2 is 2.08 bits per heavy atom. The van der Waals surface area contributed by atoms with Gasteiger partial charge in [-0.25, -0.2) is 9.97 Å². The molecule has 0 saturated heterocycles. The molecule has 2 aromatic heterocycles. The number of H-pyrrole nitrogens is 1. The molecule has 68 valence electrons. The lowest BCUT2D eigenvalue weighted by atomic mass is 10.4. The zero-order valence-electron chi connectivity index (χ0n) is 6.31.